The number of nitrogens with zero attached hydrogens (tertiary/aromatic N) is 1. The zero-order valence-electron chi connectivity index (χ0n) is 12.5. The molecule has 0 spiro atoms. The number of nitrogens with one attached hydrogen (secondary N) is 2. The Bertz CT molecular complexity index is 527. The number of carboxylic acid groups (broad SMARTS) is 1. The number of carbonyl (C=O) groups is 2. The van der Waals surface area contributed by atoms with Crippen molar-refractivity contribution < 1.29 is 19.4 Å². The van der Waals surface area contributed by atoms with E-state index >= 15 is 0 Å². The van der Waals surface area contributed by atoms with Crippen molar-refractivity contribution in [1.29, 1.82) is 0 Å². The van der Waals surface area contributed by atoms with Gasteiger partial charge in [-0.05, 0) is 31.7 Å². The number of urea groups is 1. The average molecular weight is 307 g/mol. The van der Waals surface area contributed by atoms with Gasteiger partial charge in [-0.3, -0.25) is 9.78 Å². The predicted molar refractivity (Wildman–Crippen MR) is 79.5 cm³/mol. The molecule has 0 aliphatic heterocycles. The second kappa shape index (κ2) is 7.63. The smallest absolute Gasteiger partial charge is 0.315 e. The van der Waals surface area contributed by atoms with E-state index in [0.29, 0.717) is 38.0 Å². The van der Waals surface area contributed by atoms with Gasteiger partial charge in [0.1, 0.15) is 5.75 Å². The van der Waals surface area contributed by atoms with Crippen molar-refractivity contribution in [3.05, 3.63) is 24.0 Å². The van der Waals surface area contributed by atoms with Gasteiger partial charge in [0.15, 0.2) is 0 Å². The summed E-state index contributed by atoms with van der Waals surface area (Å²) in [7, 11) is 1.57. The summed E-state index contributed by atoms with van der Waals surface area (Å²) in [6, 6.07) is 1.51. The van der Waals surface area contributed by atoms with E-state index in [2.05, 4.69) is 15.6 Å². The lowest BCUT2D eigenvalue weighted by atomic mass is 9.86. The first-order valence-electron chi connectivity index (χ1n) is 7.34. The van der Waals surface area contributed by atoms with Gasteiger partial charge in [0.05, 0.1) is 13.0 Å². The number of carboxylic acids is 1. The molecule has 1 aromatic rings. The third kappa shape index (κ3) is 4.34. The lowest BCUT2D eigenvalue weighted by Gasteiger charge is -2.26. The summed E-state index contributed by atoms with van der Waals surface area (Å²) < 4.78 is 5.19. The number of amides is 2. The topological polar surface area (TPSA) is 101 Å². The fourth-order valence-corrected chi connectivity index (χ4v) is 2.64. The lowest BCUT2D eigenvalue weighted by Crippen LogP contribution is -2.43. The van der Waals surface area contributed by atoms with Crippen molar-refractivity contribution in [2.75, 3.05) is 7.11 Å². The van der Waals surface area contributed by atoms with Crippen molar-refractivity contribution in [3.63, 3.8) is 0 Å². The zero-order chi connectivity index (χ0) is 15.9. The Morgan fingerprint density at radius 2 is 2.09 bits per heavy atom. The van der Waals surface area contributed by atoms with E-state index in [1.165, 1.54) is 0 Å². The van der Waals surface area contributed by atoms with Crippen LogP contribution in [-0.4, -0.2) is 35.2 Å². The molecule has 1 saturated carbocycles. The van der Waals surface area contributed by atoms with Crippen LogP contribution in [-0.2, 0) is 11.3 Å². The number of hydrogen-bond donors (Lipinski definition) is 3. The third-order valence-electron chi connectivity index (χ3n) is 3.93. The van der Waals surface area contributed by atoms with E-state index in [0.717, 1.165) is 5.56 Å². The highest BCUT2D eigenvalue weighted by molar-refractivity contribution is 5.74. The molecule has 7 nitrogen and oxygen atoms in total. The Balaban J connectivity index is 1.76. The molecule has 1 aliphatic rings. The first kappa shape index (κ1) is 16.1. The van der Waals surface area contributed by atoms with Gasteiger partial charge in [0.25, 0.3) is 0 Å². The number of carbonyl (C=O) groups excluding carboxylic acids is 1. The van der Waals surface area contributed by atoms with E-state index in [9.17, 15) is 9.59 Å². The summed E-state index contributed by atoms with van der Waals surface area (Å²) in [6.07, 6.45) is 5.88. The first-order valence-corrected chi connectivity index (χ1v) is 7.34. The van der Waals surface area contributed by atoms with Gasteiger partial charge in [-0.15, -0.1) is 0 Å². The summed E-state index contributed by atoms with van der Waals surface area (Å²) >= 11 is 0. The molecule has 0 aromatic carbocycles. The summed E-state index contributed by atoms with van der Waals surface area (Å²) in [5, 5.41) is 14.6. The number of aromatic nitrogens is 1. The van der Waals surface area contributed by atoms with Crippen molar-refractivity contribution >= 4 is 12.0 Å². The number of pyridine rings is 1. The largest absolute Gasteiger partial charge is 0.496 e. The van der Waals surface area contributed by atoms with Gasteiger partial charge in [-0.1, -0.05) is 0 Å². The maximum absolute atomic E-state index is 11.9. The van der Waals surface area contributed by atoms with Crippen LogP contribution in [0.5, 0.6) is 5.75 Å². The Hall–Kier alpha value is -2.31. The maximum Gasteiger partial charge on any atom is 0.315 e. The van der Waals surface area contributed by atoms with Gasteiger partial charge in [0.2, 0.25) is 0 Å². The molecule has 0 atom stereocenters. The van der Waals surface area contributed by atoms with Crippen LogP contribution >= 0.6 is 0 Å². The minimum atomic E-state index is -0.744. The number of methoxy groups -OCH3 is 1. The van der Waals surface area contributed by atoms with Crippen LogP contribution in [0.15, 0.2) is 18.5 Å². The highest BCUT2D eigenvalue weighted by Crippen LogP contribution is 2.24. The average Bonchev–Trinajstić information content (AvgIpc) is 2.53. The van der Waals surface area contributed by atoms with Crippen LogP contribution in [0, 0.1) is 5.92 Å². The molecule has 2 rings (SSSR count). The van der Waals surface area contributed by atoms with E-state index in [1.54, 1.807) is 25.6 Å². The Labute approximate surface area is 129 Å². The standard InChI is InChI=1S/C15H21N3O4/c1-22-13-6-7-16-8-11(13)9-17-15(21)18-12-4-2-10(3-5-12)14(19)20/h6-8,10,12H,2-5,9H2,1H3,(H,19,20)(H2,17,18,21). The summed E-state index contributed by atoms with van der Waals surface area (Å²) in [5.74, 6) is -0.343. The molecule has 120 valence electrons. The second-order valence-electron chi connectivity index (χ2n) is 5.40. The molecule has 7 heteroatoms. The summed E-state index contributed by atoms with van der Waals surface area (Å²) in [6.45, 7) is 0.327. The van der Waals surface area contributed by atoms with Crippen molar-refractivity contribution in [2.45, 2.75) is 38.3 Å². The van der Waals surface area contributed by atoms with E-state index in [1.807, 2.05) is 0 Å². The molecular formula is C15H21N3O4. The summed E-state index contributed by atoms with van der Waals surface area (Å²) in [4.78, 5) is 26.8. The van der Waals surface area contributed by atoms with E-state index in [-0.39, 0.29) is 18.0 Å². The van der Waals surface area contributed by atoms with Crippen molar-refractivity contribution in [2.24, 2.45) is 5.92 Å². The third-order valence-corrected chi connectivity index (χ3v) is 3.93. The molecule has 1 aromatic heterocycles. The molecule has 2 amide bonds. The molecule has 1 fully saturated rings. The van der Waals surface area contributed by atoms with Crippen molar-refractivity contribution in [3.8, 4) is 5.75 Å². The van der Waals surface area contributed by atoms with Gasteiger partial charge in [-0.25, -0.2) is 4.79 Å². The minimum Gasteiger partial charge on any atom is -0.496 e. The lowest BCUT2D eigenvalue weighted by molar-refractivity contribution is -0.142. The maximum atomic E-state index is 11.9. The van der Waals surface area contributed by atoms with Crippen LogP contribution in [0.1, 0.15) is 31.2 Å². The fraction of sp³-hybridized carbons (Fsp3) is 0.533. The fourth-order valence-electron chi connectivity index (χ4n) is 2.64. The quantitative estimate of drug-likeness (QED) is 0.766. The molecule has 3 N–H and O–H groups in total. The second-order valence-corrected chi connectivity index (χ2v) is 5.40. The molecule has 1 aliphatic carbocycles. The number of aliphatic carboxylic acids is 1. The van der Waals surface area contributed by atoms with E-state index < -0.39 is 5.97 Å². The highest BCUT2D eigenvalue weighted by atomic mass is 16.5. The van der Waals surface area contributed by atoms with Crippen LogP contribution in [0.25, 0.3) is 0 Å². The number of ether oxygens (including phenoxy) is 1. The first-order chi connectivity index (χ1) is 10.6. The van der Waals surface area contributed by atoms with Gasteiger partial charge >= 0.3 is 12.0 Å². The van der Waals surface area contributed by atoms with E-state index in [4.69, 9.17) is 9.84 Å². The molecular weight excluding hydrogens is 286 g/mol. The minimum absolute atomic E-state index is 0.0337. The van der Waals surface area contributed by atoms with Crippen LogP contribution in [0.3, 0.4) is 0 Å². The Morgan fingerprint density at radius 1 is 1.36 bits per heavy atom. The number of rotatable bonds is 5. The predicted octanol–water partition coefficient (Wildman–Crippen LogP) is 1.53. The highest BCUT2D eigenvalue weighted by Gasteiger charge is 2.26. The van der Waals surface area contributed by atoms with Crippen LogP contribution in [0.4, 0.5) is 4.79 Å². The molecule has 0 unspecified atom stereocenters. The molecule has 0 radical (unpaired) electrons. The molecule has 1 heterocycles. The molecule has 22 heavy (non-hydrogen) atoms. The van der Waals surface area contributed by atoms with Crippen LogP contribution in [0.2, 0.25) is 0 Å². The van der Waals surface area contributed by atoms with Gasteiger partial charge in [-0.2, -0.15) is 0 Å². The van der Waals surface area contributed by atoms with Gasteiger partial charge in [0, 0.05) is 30.5 Å². The SMILES string of the molecule is COc1ccncc1CNC(=O)NC1CCC(C(=O)O)CC1. The number of hydrogen-bond acceptors (Lipinski definition) is 4. The zero-order valence-corrected chi connectivity index (χ0v) is 12.5. The Morgan fingerprint density at radius 3 is 2.73 bits per heavy atom. The molecule has 0 bridgehead atoms. The van der Waals surface area contributed by atoms with Crippen molar-refractivity contribution in [1.82, 2.24) is 15.6 Å². The summed E-state index contributed by atoms with van der Waals surface area (Å²) in [5.41, 5.74) is 0.801. The Kier molecular flexibility index (Phi) is 5.57. The van der Waals surface area contributed by atoms with Crippen LogP contribution < -0.4 is 15.4 Å². The normalized spacial score (nSPS) is 21.0. The molecule has 0 saturated heterocycles. The van der Waals surface area contributed by atoms with Gasteiger partial charge < -0.3 is 20.5 Å². The monoisotopic (exact) mass is 307 g/mol.